The largest absolute Gasteiger partial charge is 0.598 e. The van der Waals surface area contributed by atoms with Gasteiger partial charge in [0.25, 0.3) is 0 Å². The maximum absolute atomic E-state index is 12.3. The van der Waals surface area contributed by atoms with Crippen molar-refractivity contribution < 1.29 is 14.1 Å². The van der Waals surface area contributed by atoms with Crippen LogP contribution in [0.25, 0.3) is 0 Å². The standard InChI is InChI=1S/C15H24BrNO3S2/c1-10(2)8-20-14(18)7-12(13-6-11(16)9-21-13)17-22(19)15(3,4)5/h6,9-10,12,17H,7-8H2,1-5H3/t12?,22-/m1/s1. The molecule has 126 valence electrons. The van der Waals surface area contributed by atoms with Crippen LogP contribution in [0.1, 0.15) is 52.0 Å². The minimum Gasteiger partial charge on any atom is -0.598 e. The number of carbonyl (C=O) groups is 1. The van der Waals surface area contributed by atoms with Gasteiger partial charge in [-0.1, -0.05) is 13.8 Å². The molecule has 1 rings (SSSR count). The molecular formula is C15H24BrNO3S2. The van der Waals surface area contributed by atoms with Gasteiger partial charge in [0.2, 0.25) is 0 Å². The zero-order chi connectivity index (χ0) is 16.9. The van der Waals surface area contributed by atoms with Crippen LogP contribution >= 0.6 is 27.3 Å². The quantitative estimate of drug-likeness (QED) is 0.541. The lowest BCUT2D eigenvalue weighted by molar-refractivity contribution is -0.145. The Morgan fingerprint density at radius 1 is 1.50 bits per heavy atom. The lowest BCUT2D eigenvalue weighted by atomic mass is 10.2. The summed E-state index contributed by atoms with van der Waals surface area (Å²) in [5.41, 5.74) is 0. The highest BCUT2D eigenvalue weighted by Crippen LogP contribution is 2.30. The first kappa shape index (κ1) is 20.0. The Balaban J connectivity index is 2.77. The fourth-order valence-corrected chi connectivity index (χ4v) is 3.90. The second-order valence-corrected chi connectivity index (χ2v) is 10.4. The van der Waals surface area contributed by atoms with E-state index >= 15 is 0 Å². The summed E-state index contributed by atoms with van der Waals surface area (Å²) in [5, 5.41) is 1.95. The Labute approximate surface area is 148 Å². The predicted molar refractivity (Wildman–Crippen MR) is 96.2 cm³/mol. The molecule has 0 aliphatic carbocycles. The number of halogens is 1. The van der Waals surface area contributed by atoms with Crippen LogP contribution in [0.4, 0.5) is 0 Å². The number of hydrogen-bond acceptors (Lipinski definition) is 5. The van der Waals surface area contributed by atoms with E-state index in [4.69, 9.17) is 4.74 Å². The van der Waals surface area contributed by atoms with Crippen LogP contribution in [0.3, 0.4) is 0 Å². The lowest BCUT2D eigenvalue weighted by Gasteiger charge is -2.27. The first-order chi connectivity index (χ1) is 10.1. The number of thiophene rings is 1. The van der Waals surface area contributed by atoms with E-state index in [1.54, 1.807) is 0 Å². The number of nitrogens with one attached hydrogen (secondary N) is 1. The molecule has 1 N–H and O–H groups in total. The first-order valence-corrected chi connectivity index (χ1v) is 9.99. The topological polar surface area (TPSA) is 61.4 Å². The Morgan fingerprint density at radius 2 is 2.14 bits per heavy atom. The van der Waals surface area contributed by atoms with Crippen LogP contribution < -0.4 is 4.72 Å². The van der Waals surface area contributed by atoms with Crippen molar-refractivity contribution in [3.05, 3.63) is 20.8 Å². The van der Waals surface area contributed by atoms with E-state index in [2.05, 4.69) is 20.7 Å². The van der Waals surface area contributed by atoms with Gasteiger partial charge in [0.15, 0.2) is 0 Å². The van der Waals surface area contributed by atoms with E-state index in [1.165, 1.54) is 11.3 Å². The molecule has 22 heavy (non-hydrogen) atoms. The van der Waals surface area contributed by atoms with Crippen LogP contribution in [0.2, 0.25) is 0 Å². The third-order valence-corrected chi connectivity index (χ3v) is 6.10. The van der Waals surface area contributed by atoms with Crippen LogP contribution in [0, 0.1) is 5.92 Å². The second-order valence-electron chi connectivity index (χ2n) is 6.50. The highest BCUT2D eigenvalue weighted by atomic mass is 79.9. The van der Waals surface area contributed by atoms with E-state index in [1.807, 2.05) is 46.1 Å². The lowest BCUT2D eigenvalue weighted by Crippen LogP contribution is -2.41. The maximum Gasteiger partial charge on any atom is 0.307 e. The van der Waals surface area contributed by atoms with Crippen LogP contribution in [0.15, 0.2) is 15.9 Å². The summed E-state index contributed by atoms with van der Waals surface area (Å²) in [5.74, 6) is 0.0246. The Morgan fingerprint density at radius 3 is 2.59 bits per heavy atom. The molecule has 0 saturated heterocycles. The van der Waals surface area contributed by atoms with Gasteiger partial charge in [-0.15, -0.1) is 16.1 Å². The van der Waals surface area contributed by atoms with Crippen molar-refractivity contribution in [1.82, 2.24) is 4.72 Å². The Hall–Kier alpha value is -0.0800. The van der Waals surface area contributed by atoms with E-state index in [0.29, 0.717) is 12.5 Å². The molecule has 0 spiro atoms. The molecule has 0 aromatic carbocycles. The highest BCUT2D eigenvalue weighted by molar-refractivity contribution is 9.10. The molecule has 1 heterocycles. The van der Waals surface area contributed by atoms with Gasteiger partial charge in [-0.3, -0.25) is 4.79 Å². The van der Waals surface area contributed by atoms with Gasteiger partial charge in [0.1, 0.15) is 4.75 Å². The summed E-state index contributed by atoms with van der Waals surface area (Å²) in [4.78, 5) is 13.0. The third-order valence-electron chi connectivity index (χ3n) is 2.69. The van der Waals surface area contributed by atoms with E-state index in [0.717, 1.165) is 9.35 Å². The molecular weight excluding hydrogens is 386 g/mol. The van der Waals surface area contributed by atoms with Crippen molar-refractivity contribution in [1.29, 1.82) is 0 Å². The molecule has 2 atom stereocenters. The summed E-state index contributed by atoms with van der Waals surface area (Å²) >= 11 is 3.68. The molecule has 1 aromatic heterocycles. The summed E-state index contributed by atoms with van der Waals surface area (Å²) < 4.78 is 21.2. The number of ether oxygens (including phenoxy) is 1. The average Bonchev–Trinajstić information content (AvgIpc) is 2.81. The van der Waals surface area contributed by atoms with Crippen LogP contribution in [-0.4, -0.2) is 21.9 Å². The minimum absolute atomic E-state index is 0.168. The number of hydrogen-bond donors (Lipinski definition) is 1. The van der Waals surface area contributed by atoms with Crippen molar-refractivity contribution in [2.75, 3.05) is 6.61 Å². The molecule has 0 bridgehead atoms. The Kier molecular flexibility index (Phi) is 7.88. The molecule has 0 amide bonds. The van der Waals surface area contributed by atoms with Crippen molar-refractivity contribution in [3.63, 3.8) is 0 Å². The molecule has 0 fully saturated rings. The van der Waals surface area contributed by atoms with E-state index < -0.39 is 16.1 Å². The fourth-order valence-electron chi connectivity index (χ4n) is 1.50. The van der Waals surface area contributed by atoms with E-state index in [9.17, 15) is 9.35 Å². The third kappa shape index (κ3) is 7.00. The molecule has 0 aliphatic heterocycles. The molecule has 1 aromatic rings. The van der Waals surface area contributed by atoms with Crippen molar-refractivity contribution in [2.24, 2.45) is 5.92 Å². The number of esters is 1. The van der Waals surface area contributed by atoms with Crippen molar-refractivity contribution >= 4 is 44.6 Å². The zero-order valence-electron chi connectivity index (χ0n) is 13.6. The summed E-state index contributed by atoms with van der Waals surface area (Å²) in [6.45, 7) is 10.1. The van der Waals surface area contributed by atoms with Gasteiger partial charge in [0, 0.05) is 26.1 Å². The fraction of sp³-hybridized carbons (Fsp3) is 0.667. The van der Waals surface area contributed by atoms with Gasteiger partial charge in [0.05, 0.1) is 19.1 Å². The van der Waals surface area contributed by atoms with Crippen LogP contribution in [0.5, 0.6) is 0 Å². The van der Waals surface area contributed by atoms with Crippen molar-refractivity contribution in [2.45, 2.75) is 51.8 Å². The predicted octanol–water partition coefficient (Wildman–Crippen LogP) is 4.19. The zero-order valence-corrected chi connectivity index (χ0v) is 16.9. The van der Waals surface area contributed by atoms with Gasteiger partial charge in [-0.05, 0) is 48.7 Å². The monoisotopic (exact) mass is 409 g/mol. The minimum atomic E-state index is -1.25. The Bertz CT molecular complexity index is 485. The summed E-state index contributed by atoms with van der Waals surface area (Å²) in [6.07, 6.45) is 0.168. The second kappa shape index (κ2) is 8.68. The number of rotatable bonds is 7. The highest BCUT2D eigenvalue weighted by Gasteiger charge is 2.31. The first-order valence-electron chi connectivity index (χ1n) is 7.17. The van der Waals surface area contributed by atoms with E-state index in [-0.39, 0.29) is 18.4 Å². The summed E-state index contributed by atoms with van der Waals surface area (Å²) in [6, 6.07) is 1.63. The maximum atomic E-state index is 12.3. The van der Waals surface area contributed by atoms with Gasteiger partial charge in [-0.2, -0.15) is 0 Å². The summed E-state index contributed by atoms with van der Waals surface area (Å²) in [7, 11) is 0. The molecule has 7 heteroatoms. The molecule has 1 unspecified atom stereocenters. The molecule has 0 aliphatic rings. The molecule has 0 saturated carbocycles. The molecule has 0 radical (unpaired) electrons. The normalized spacial score (nSPS) is 14.9. The smallest absolute Gasteiger partial charge is 0.307 e. The van der Waals surface area contributed by atoms with Crippen molar-refractivity contribution in [3.8, 4) is 0 Å². The number of carbonyl (C=O) groups excluding carboxylic acids is 1. The SMILES string of the molecule is CC(C)COC(=O)CC(N[S@+]([O-])C(C)(C)C)c1cc(Br)cs1. The van der Waals surface area contributed by atoms with Gasteiger partial charge < -0.3 is 9.29 Å². The van der Waals surface area contributed by atoms with Crippen LogP contribution in [-0.2, 0) is 20.9 Å². The van der Waals surface area contributed by atoms with Gasteiger partial charge in [-0.25, -0.2) is 0 Å². The van der Waals surface area contributed by atoms with Gasteiger partial charge >= 0.3 is 5.97 Å². The molecule has 4 nitrogen and oxygen atoms in total. The average molecular weight is 410 g/mol.